The summed E-state index contributed by atoms with van der Waals surface area (Å²) in [6, 6.07) is 8.16. The summed E-state index contributed by atoms with van der Waals surface area (Å²) in [4.78, 5) is 23.4. The Bertz CT molecular complexity index is 520. The van der Waals surface area contributed by atoms with E-state index in [0.29, 0.717) is 19.5 Å². The third-order valence-corrected chi connectivity index (χ3v) is 4.01. The fourth-order valence-electron chi connectivity index (χ4n) is 2.80. The molecule has 2 heterocycles. The number of fused-ring (bicyclic) bond motifs is 1. The predicted molar refractivity (Wildman–Crippen MR) is 76.3 cm³/mol. The van der Waals surface area contributed by atoms with Crippen LogP contribution >= 0.6 is 0 Å². The molecule has 2 aliphatic heterocycles. The van der Waals surface area contributed by atoms with Crippen molar-refractivity contribution in [2.24, 2.45) is 5.92 Å². The van der Waals surface area contributed by atoms with Crippen LogP contribution in [0.15, 0.2) is 24.3 Å². The second-order valence-corrected chi connectivity index (χ2v) is 5.49. The molecule has 5 nitrogen and oxygen atoms in total. The number of para-hydroxylation sites is 1. The van der Waals surface area contributed by atoms with E-state index in [9.17, 15) is 9.59 Å². The molecule has 3 rings (SSSR count). The van der Waals surface area contributed by atoms with Crippen molar-refractivity contribution >= 4 is 17.5 Å². The molecule has 20 heavy (non-hydrogen) atoms. The van der Waals surface area contributed by atoms with E-state index in [4.69, 9.17) is 0 Å². The molecule has 106 valence electrons. The largest absolute Gasteiger partial charge is 0.384 e. The summed E-state index contributed by atoms with van der Waals surface area (Å²) in [7, 11) is 0. The van der Waals surface area contributed by atoms with E-state index in [1.54, 1.807) is 0 Å². The monoisotopic (exact) mass is 273 g/mol. The highest BCUT2D eigenvalue weighted by molar-refractivity contribution is 5.82. The van der Waals surface area contributed by atoms with Gasteiger partial charge < -0.3 is 16.0 Å². The van der Waals surface area contributed by atoms with Crippen LogP contribution in [0.4, 0.5) is 5.69 Å². The van der Waals surface area contributed by atoms with Gasteiger partial charge in [-0.15, -0.1) is 0 Å². The third kappa shape index (κ3) is 2.76. The number of hydrogen-bond acceptors (Lipinski definition) is 3. The summed E-state index contributed by atoms with van der Waals surface area (Å²) in [5, 5.41) is 9.14. The predicted octanol–water partition coefficient (Wildman–Crippen LogP) is 0.666. The van der Waals surface area contributed by atoms with E-state index < -0.39 is 0 Å². The van der Waals surface area contributed by atoms with Gasteiger partial charge in [-0.1, -0.05) is 18.2 Å². The van der Waals surface area contributed by atoms with Crippen LogP contribution in [-0.2, 0) is 16.0 Å². The van der Waals surface area contributed by atoms with Crippen molar-refractivity contribution in [2.75, 3.05) is 18.4 Å². The Kier molecular flexibility index (Phi) is 3.58. The number of benzene rings is 1. The summed E-state index contributed by atoms with van der Waals surface area (Å²) in [6.45, 7) is 1.21. The lowest BCUT2D eigenvalue weighted by atomic mass is 9.93. The number of carbonyl (C=O) groups is 2. The molecule has 3 N–H and O–H groups in total. The number of nitrogens with one attached hydrogen (secondary N) is 3. The molecule has 1 aromatic rings. The molecule has 1 aromatic carbocycles. The van der Waals surface area contributed by atoms with Gasteiger partial charge >= 0.3 is 0 Å². The highest BCUT2D eigenvalue weighted by atomic mass is 16.2. The molecular formula is C15H19N3O2. The Balaban J connectivity index is 1.57. The third-order valence-electron chi connectivity index (χ3n) is 4.01. The first-order valence-electron chi connectivity index (χ1n) is 7.11. The van der Waals surface area contributed by atoms with Crippen molar-refractivity contribution in [1.29, 1.82) is 0 Å². The highest BCUT2D eigenvalue weighted by Crippen LogP contribution is 2.24. The van der Waals surface area contributed by atoms with Gasteiger partial charge in [-0.05, 0) is 24.5 Å². The zero-order chi connectivity index (χ0) is 13.9. The van der Waals surface area contributed by atoms with E-state index in [0.717, 1.165) is 18.5 Å². The van der Waals surface area contributed by atoms with E-state index in [1.807, 2.05) is 18.2 Å². The first kappa shape index (κ1) is 13.0. The molecule has 5 heteroatoms. The van der Waals surface area contributed by atoms with Crippen LogP contribution < -0.4 is 16.0 Å². The summed E-state index contributed by atoms with van der Waals surface area (Å²) in [6.07, 6.45) is 2.00. The van der Waals surface area contributed by atoms with Crippen LogP contribution in [0.1, 0.15) is 18.4 Å². The molecule has 0 radical (unpaired) electrons. The minimum atomic E-state index is -0.0393. The molecule has 1 saturated heterocycles. The van der Waals surface area contributed by atoms with Crippen molar-refractivity contribution in [3.63, 3.8) is 0 Å². The van der Waals surface area contributed by atoms with Crippen molar-refractivity contribution in [3.8, 4) is 0 Å². The van der Waals surface area contributed by atoms with Crippen LogP contribution in [0.25, 0.3) is 0 Å². The number of anilines is 1. The summed E-state index contributed by atoms with van der Waals surface area (Å²) in [5.74, 6) is 0.111. The lowest BCUT2D eigenvalue weighted by Gasteiger charge is -2.29. The van der Waals surface area contributed by atoms with Gasteiger partial charge in [0.1, 0.15) is 0 Å². The first-order chi connectivity index (χ1) is 9.72. The second-order valence-electron chi connectivity index (χ2n) is 5.49. The van der Waals surface area contributed by atoms with Gasteiger partial charge in [-0.25, -0.2) is 0 Å². The van der Waals surface area contributed by atoms with Gasteiger partial charge in [0.2, 0.25) is 11.8 Å². The highest BCUT2D eigenvalue weighted by Gasteiger charge is 2.27. The van der Waals surface area contributed by atoms with Gasteiger partial charge in [-0.3, -0.25) is 9.59 Å². The molecular weight excluding hydrogens is 254 g/mol. The minimum Gasteiger partial charge on any atom is -0.384 e. The van der Waals surface area contributed by atoms with E-state index in [2.05, 4.69) is 22.0 Å². The number of hydrogen-bond donors (Lipinski definition) is 3. The minimum absolute atomic E-state index is 0.0393. The number of rotatable bonds is 2. The maximum atomic E-state index is 12.3. The fourth-order valence-corrected chi connectivity index (χ4v) is 2.80. The molecule has 0 bridgehead atoms. The molecule has 0 saturated carbocycles. The summed E-state index contributed by atoms with van der Waals surface area (Å²) in [5.41, 5.74) is 2.32. The average molecular weight is 273 g/mol. The summed E-state index contributed by atoms with van der Waals surface area (Å²) < 4.78 is 0. The fraction of sp³-hybridized carbons (Fsp3) is 0.467. The Morgan fingerprint density at radius 2 is 2.05 bits per heavy atom. The SMILES string of the molecule is O=C1CCC(NC(=O)C2CNc3ccccc3C2)CN1. The van der Waals surface area contributed by atoms with Crippen molar-refractivity contribution in [1.82, 2.24) is 10.6 Å². The van der Waals surface area contributed by atoms with Gasteiger partial charge in [0.25, 0.3) is 0 Å². The molecule has 2 unspecified atom stereocenters. The topological polar surface area (TPSA) is 70.2 Å². The van der Waals surface area contributed by atoms with Crippen LogP contribution in [0.3, 0.4) is 0 Å². The van der Waals surface area contributed by atoms with Crippen molar-refractivity contribution in [3.05, 3.63) is 29.8 Å². The zero-order valence-corrected chi connectivity index (χ0v) is 11.3. The molecule has 0 aromatic heterocycles. The van der Waals surface area contributed by atoms with E-state index >= 15 is 0 Å². The Labute approximate surface area is 118 Å². The maximum absolute atomic E-state index is 12.3. The number of carbonyl (C=O) groups excluding carboxylic acids is 2. The Morgan fingerprint density at radius 3 is 2.85 bits per heavy atom. The number of amides is 2. The molecule has 2 aliphatic rings. The smallest absolute Gasteiger partial charge is 0.225 e. The quantitative estimate of drug-likeness (QED) is 0.741. The lowest BCUT2D eigenvalue weighted by molar-refractivity contribution is -0.127. The number of piperidine rings is 1. The Hall–Kier alpha value is -2.04. The van der Waals surface area contributed by atoms with Crippen LogP contribution in [0.5, 0.6) is 0 Å². The van der Waals surface area contributed by atoms with Gasteiger partial charge in [0.15, 0.2) is 0 Å². The van der Waals surface area contributed by atoms with E-state index in [-0.39, 0.29) is 23.8 Å². The molecule has 0 aliphatic carbocycles. The van der Waals surface area contributed by atoms with Crippen LogP contribution in [-0.4, -0.2) is 30.9 Å². The maximum Gasteiger partial charge on any atom is 0.225 e. The normalized spacial score (nSPS) is 25.1. The first-order valence-corrected chi connectivity index (χ1v) is 7.11. The Morgan fingerprint density at radius 1 is 1.20 bits per heavy atom. The zero-order valence-electron chi connectivity index (χ0n) is 11.3. The lowest BCUT2D eigenvalue weighted by Crippen LogP contribution is -2.50. The van der Waals surface area contributed by atoms with Gasteiger partial charge in [0, 0.05) is 31.2 Å². The van der Waals surface area contributed by atoms with Crippen molar-refractivity contribution in [2.45, 2.75) is 25.3 Å². The van der Waals surface area contributed by atoms with E-state index in [1.165, 1.54) is 5.56 Å². The van der Waals surface area contributed by atoms with Crippen LogP contribution in [0, 0.1) is 5.92 Å². The molecule has 1 fully saturated rings. The summed E-state index contributed by atoms with van der Waals surface area (Å²) >= 11 is 0. The second kappa shape index (κ2) is 5.53. The average Bonchev–Trinajstić information content (AvgIpc) is 2.49. The molecule has 2 amide bonds. The van der Waals surface area contributed by atoms with Gasteiger partial charge in [0.05, 0.1) is 5.92 Å². The molecule has 0 spiro atoms. The van der Waals surface area contributed by atoms with Crippen LogP contribution in [0.2, 0.25) is 0 Å². The van der Waals surface area contributed by atoms with Crippen molar-refractivity contribution < 1.29 is 9.59 Å². The van der Waals surface area contributed by atoms with Gasteiger partial charge in [-0.2, -0.15) is 0 Å². The molecule has 2 atom stereocenters. The standard InChI is InChI=1S/C15H19N3O2/c19-14-6-5-12(9-17-14)18-15(20)11-7-10-3-1-2-4-13(10)16-8-11/h1-4,11-12,16H,5-9H2,(H,17,19)(H,18,20).